The molecule has 0 aliphatic rings. The Hall–Kier alpha value is -0.547. The van der Waals surface area contributed by atoms with E-state index in [0.717, 1.165) is 17.9 Å². The van der Waals surface area contributed by atoms with E-state index in [1.165, 1.54) is 0 Å². The molecule has 4 heteroatoms. The van der Waals surface area contributed by atoms with E-state index in [4.69, 9.17) is 10.4 Å². The third-order valence-electron chi connectivity index (χ3n) is 1.46. The predicted molar refractivity (Wildman–Crippen MR) is 36.6 cm³/mol. The Balaban J connectivity index is 4.00. The number of rotatable bonds is 4. The number of carboxylic acids is 1. The van der Waals surface area contributed by atoms with Gasteiger partial charge in [0.2, 0.25) is 0 Å². The molecule has 0 aromatic carbocycles. The van der Waals surface area contributed by atoms with Crippen molar-refractivity contribution in [3.05, 3.63) is 0 Å². The SMILES string of the molecule is CC([CH]=[Zn])CC(C#N)C(=O)O. The van der Waals surface area contributed by atoms with Crippen LogP contribution in [0.3, 0.4) is 0 Å². The topological polar surface area (TPSA) is 61.1 Å². The molecule has 0 aliphatic heterocycles. The molecule has 0 amide bonds. The van der Waals surface area contributed by atoms with Crippen LogP contribution in [0.4, 0.5) is 0 Å². The zero-order valence-electron chi connectivity index (χ0n) is 6.45. The molecule has 2 atom stereocenters. The fourth-order valence-corrected chi connectivity index (χ4v) is 1.08. The molecule has 0 radical (unpaired) electrons. The van der Waals surface area contributed by atoms with Crippen molar-refractivity contribution in [2.24, 2.45) is 11.8 Å². The first kappa shape index (κ1) is 10.5. The van der Waals surface area contributed by atoms with Crippen LogP contribution in [0.15, 0.2) is 0 Å². The standard InChI is InChI=1S/C7H9NO2.Zn/c1-5(2)3-6(4-8)7(9)10;/h1,5-6H,3H2,2H3,(H,9,10);. The molecule has 0 heterocycles. The molecule has 0 aromatic rings. The fourth-order valence-electron chi connectivity index (χ4n) is 0.677. The molecule has 0 saturated heterocycles. The number of nitriles is 1. The Morgan fingerprint density at radius 1 is 1.91 bits per heavy atom. The third-order valence-corrected chi connectivity index (χ3v) is 3.15. The number of hydrogen-bond donors (Lipinski definition) is 1. The molecule has 0 bridgehead atoms. The van der Waals surface area contributed by atoms with Gasteiger partial charge in [-0.25, -0.2) is 0 Å². The van der Waals surface area contributed by atoms with Gasteiger partial charge in [-0.15, -0.1) is 0 Å². The summed E-state index contributed by atoms with van der Waals surface area (Å²) in [6.07, 6.45) is 0.436. The first-order chi connectivity index (χ1) is 5.11. The van der Waals surface area contributed by atoms with Gasteiger partial charge in [-0.1, -0.05) is 0 Å². The number of nitrogens with zero attached hydrogens (tertiary/aromatic N) is 1. The van der Waals surface area contributed by atoms with Crippen molar-refractivity contribution >= 4 is 10.6 Å². The van der Waals surface area contributed by atoms with Crippen molar-refractivity contribution in [1.29, 1.82) is 5.26 Å². The van der Waals surface area contributed by atoms with Crippen LogP contribution in [-0.2, 0) is 22.6 Å². The third kappa shape index (κ3) is 4.00. The summed E-state index contributed by atoms with van der Waals surface area (Å²) >= 11 is 1.04. The Kier molecular flexibility index (Phi) is 4.89. The van der Waals surface area contributed by atoms with Crippen LogP contribution in [0.2, 0.25) is 0 Å². The maximum atomic E-state index is 10.4. The van der Waals surface area contributed by atoms with E-state index < -0.39 is 11.9 Å². The van der Waals surface area contributed by atoms with Crippen LogP contribution >= 0.6 is 0 Å². The van der Waals surface area contributed by atoms with Crippen LogP contribution in [0.1, 0.15) is 13.3 Å². The summed E-state index contributed by atoms with van der Waals surface area (Å²) in [5, 5.41) is 16.9. The van der Waals surface area contributed by atoms with Crippen molar-refractivity contribution in [3.8, 4) is 6.07 Å². The van der Waals surface area contributed by atoms with Crippen LogP contribution in [-0.4, -0.2) is 15.7 Å². The molecule has 0 rings (SSSR count). The molecule has 1 N–H and O–H groups in total. The van der Waals surface area contributed by atoms with Gasteiger partial charge < -0.3 is 0 Å². The molecule has 0 saturated carbocycles. The second kappa shape index (κ2) is 5.15. The monoisotopic (exact) mass is 203 g/mol. The predicted octanol–water partition coefficient (Wildman–Crippen LogP) is 0.586. The van der Waals surface area contributed by atoms with Gasteiger partial charge in [-0.3, -0.25) is 0 Å². The van der Waals surface area contributed by atoms with Crippen molar-refractivity contribution in [2.45, 2.75) is 13.3 Å². The Bertz CT molecular complexity index is 197. The summed E-state index contributed by atoms with van der Waals surface area (Å²) < 4.78 is 2.02. The van der Waals surface area contributed by atoms with Crippen LogP contribution in [0.5, 0.6) is 0 Å². The molecular formula is C7H9NO2Zn. The fraction of sp³-hybridized carbons (Fsp3) is 0.571. The number of carboxylic acid groups (broad SMARTS) is 1. The maximum absolute atomic E-state index is 10.4. The summed E-state index contributed by atoms with van der Waals surface area (Å²) in [7, 11) is 0. The summed E-state index contributed by atoms with van der Waals surface area (Å²) in [5.74, 6) is -1.61. The van der Waals surface area contributed by atoms with Gasteiger partial charge in [0.15, 0.2) is 0 Å². The normalized spacial score (nSPS) is 14.7. The van der Waals surface area contributed by atoms with E-state index in [9.17, 15) is 4.79 Å². The van der Waals surface area contributed by atoms with Crippen LogP contribution < -0.4 is 0 Å². The summed E-state index contributed by atoms with van der Waals surface area (Å²) in [4.78, 5) is 10.4. The molecule has 0 spiro atoms. The zero-order valence-corrected chi connectivity index (χ0v) is 9.42. The number of hydrogen-bond acceptors (Lipinski definition) is 2. The van der Waals surface area contributed by atoms with E-state index in [0.29, 0.717) is 6.42 Å². The summed E-state index contributed by atoms with van der Waals surface area (Å²) in [6, 6.07) is 1.76. The van der Waals surface area contributed by atoms with E-state index in [1.54, 1.807) is 6.07 Å². The van der Waals surface area contributed by atoms with Crippen LogP contribution in [0, 0.1) is 23.2 Å². The molecule has 56 valence electrons. The van der Waals surface area contributed by atoms with Gasteiger partial charge in [-0.2, -0.15) is 0 Å². The van der Waals surface area contributed by atoms with E-state index >= 15 is 0 Å². The average molecular weight is 205 g/mol. The van der Waals surface area contributed by atoms with Gasteiger partial charge >= 0.3 is 74.8 Å². The average Bonchev–Trinajstić information content (AvgIpc) is 1.99. The Labute approximate surface area is 75.2 Å². The van der Waals surface area contributed by atoms with E-state index in [2.05, 4.69) is 0 Å². The summed E-state index contributed by atoms with van der Waals surface area (Å²) in [5.41, 5.74) is 0. The number of aliphatic carboxylic acids is 1. The van der Waals surface area contributed by atoms with Gasteiger partial charge in [0.05, 0.1) is 0 Å². The minimum absolute atomic E-state index is 0.246. The summed E-state index contributed by atoms with van der Waals surface area (Å²) in [6.45, 7) is 1.93. The first-order valence-electron chi connectivity index (χ1n) is 3.36. The van der Waals surface area contributed by atoms with Crippen molar-refractivity contribution in [2.75, 3.05) is 0 Å². The van der Waals surface area contributed by atoms with Crippen LogP contribution in [0.25, 0.3) is 0 Å². The second-order valence-electron chi connectivity index (χ2n) is 2.47. The molecule has 0 aliphatic carbocycles. The van der Waals surface area contributed by atoms with Gasteiger partial charge in [-0.05, 0) is 0 Å². The minimum atomic E-state index is -1.01. The molecular weight excluding hydrogens is 195 g/mol. The van der Waals surface area contributed by atoms with Crippen molar-refractivity contribution in [3.63, 3.8) is 0 Å². The van der Waals surface area contributed by atoms with E-state index in [1.807, 2.05) is 11.5 Å². The van der Waals surface area contributed by atoms with Crippen molar-refractivity contribution in [1.82, 2.24) is 0 Å². The first-order valence-corrected chi connectivity index (χ1v) is 5.08. The molecule has 0 fully saturated rings. The molecule has 3 nitrogen and oxygen atoms in total. The number of carbonyl (C=O) groups is 1. The Morgan fingerprint density at radius 3 is 2.73 bits per heavy atom. The van der Waals surface area contributed by atoms with Gasteiger partial charge in [0.1, 0.15) is 0 Å². The quantitative estimate of drug-likeness (QED) is 0.682. The van der Waals surface area contributed by atoms with E-state index in [-0.39, 0.29) is 5.92 Å². The van der Waals surface area contributed by atoms with Gasteiger partial charge in [0, 0.05) is 0 Å². The molecule has 2 unspecified atom stereocenters. The van der Waals surface area contributed by atoms with Crippen molar-refractivity contribution < 1.29 is 27.8 Å². The molecule has 0 aromatic heterocycles. The second-order valence-corrected chi connectivity index (χ2v) is 3.46. The Morgan fingerprint density at radius 2 is 2.45 bits per heavy atom. The van der Waals surface area contributed by atoms with Gasteiger partial charge in [0.25, 0.3) is 0 Å². The molecule has 11 heavy (non-hydrogen) atoms. The zero-order chi connectivity index (χ0) is 8.85.